The summed E-state index contributed by atoms with van der Waals surface area (Å²) in [7, 11) is 0. The molecule has 1 fully saturated rings. The number of hydrogen-bond donors (Lipinski definition) is 2. The summed E-state index contributed by atoms with van der Waals surface area (Å²) in [5.74, 6) is -1.10. The van der Waals surface area contributed by atoms with Gasteiger partial charge in [0.25, 0.3) is 0 Å². The molecular weight excluding hydrogens is 289 g/mol. The Bertz CT molecular complexity index is 519. The van der Waals surface area contributed by atoms with Crippen LogP contribution in [0.2, 0.25) is 10.0 Å². The average molecular weight is 302 g/mol. The first-order valence-corrected chi connectivity index (χ1v) is 6.69. The molecule has 102 valence electrons. The van der Waals surface area contributed by atoms with E-state index in [0.29, 0.717) is 10.0 Å². The minimum atomic E-state index is -0.925. The number of amides is 1. The van der Waals surface area contributed by atoms with Crippen molar-refractivity contribution in [3.63, 3.8) is 0 Å². The molecule has 0 heterocycles. The van der Waals surface area contributed by atoms with Crippen molar-refractivity contribution in [2.24, 2.45) is 5.92 Å². The zero-order valence-electron chi connectivity index (χ0n) is 10.0. The highest BCUT2D eigenvalue weighted by atomic mass is 35.5. The summed E-state index contributed by atoms with van der Waals surface area (Å²) in [6.45, 7) is 0.153. The molecule has 4 nitrogen and oxygen atoms in total. The van der Waals surface area contributed by atoms with Crippen molar-refractivity contribution in [1.82, 2.24) is 5.32 Å². The van der Waals surface area contributed by atoms with Crippen molar-refractivity contribution in [1.29, 1.82) is 0 Å². The Morgan fingerprint density at radius 1 is 1.37 bits per heavy atom. The van der Waals surface area contributed by atoms with Gasteiger partial charge in [-0.1, -0.05) is 35.3 Å². The van der Waals surface area contributed by atoms with Gasteiger partial charge in [-0.2, -0.15) is 0 Å². The van der Waals surface area contributed by atoms with Gasteiger partial charge in [0.15, 0.2) is 0 Å². The summed E-state index contributed by atoms with van der Waals surface area (Å²) in [5, 5.41) is 12.1. The molecule has 0 bridgehead atoms. The number of aliphatic carboxylic acids is 1. The Labute approximate surface area is 120 Å². The molecule has 0 aliphatic heterocycles. The van der Waals surface area contributed by atoms with Crippen LogP contribution >= 0.6 is 23.2 Å². The Morgan fingerprint density at radius 3 is 2.79 bits per heavy atom. The van der Waals surface area contributed by atoms with Gasteiger partial charge in [0.05, 0.1) is 16.5 Å². The number of carboxylic acid groups (broad SMARTS) is 1. The SMILES string of the molecule is O=C(O)CCNC(=O)[C@H]1C[C@@H]1c1cccc(Cl)c1Cl. The Balaban J connectivity index is 1.91. The van der Waals surface area contributed by atoms with Crippen LogP contribution in [0.1, 0.15) is 24.3 Å². The van der Waals surface area contributed by atoms with Gasteiger partial charge in [-0.15, -0.1) is 0 Å². The summed E-state index contributed by atoms with van der Waals surface area (Å²) >= 11 is 12.0. The zero-order chi connectivity index (χ0) is 14.0. The second-order valence-electron chi connectivity index (χ2n) is 4.53. The first-order valence-electron chi connectivity index (χ1n) is 5.94. The molecule has 2 N–H and O–H groups in total. The molecule has 1 aliphatic carbocycles. The predicted molar refractivity (Wildman–Crippen MR) is 72.6 cm³/mol. The summed E-state index contributed by atoms with van der Waals surface area (Å²) in [6, 6.07) is 5.38. The highest BCUT2D eigenvalue weighted by Gasteiger charge is 2.44. The minimum absolute atomic E-state index is 0.0684. The lowest BCUT2D eigenvalue weighted by Crippen LogP contribution is -2.27. The molecule has 1 amide bonds. The monoisotopic (exact) mass is 301 g/mol. The number of hydrogen-bond acceptors (Lipinski definition) is 2. The number of halogens is 2. The van der Waals surface area contributed by atoms with Gasteiger partial charge in [-0.05, 0) is 24.0 Å². The lowest BCUT2D eigenvalue weighted by atomic mass is 10.1. The maximum absolute atomic E-state index is 11.8. The van der Waals surface area contributed by atoms with Gasteiger partial charge < -0.3 is 10.4 Å². The fourth-order valence-electron chi connectivity index (χ4n) is 2.06. The fraction of sp³-hybridized carbons (Fsp3) is 0.385. The number of benzene rings is 1. The van der Waals surface area contributed by atoms with Crippen LogP contribution in [0.5, 0.6) is 0 Å². The molecule has 6 heteroatoms. The van der Waals surface area contributed by atoms with E-state index < -0.39 is 5.97 Å². The first-order chi connectivity index (χ1) is 9.00. The van der Waals surface area contributed by atoms with Crippen molar-refractivity contribution in [2.75, 3.05) is 6.54 Å². The smallest absolute Gasteiger partial charge is 0.305 e. The van der Waals surface area contributed by atoms with Crippen molar-refractivity contribution >= 4 is 35.1 Å². The van der Waals surface area contributed by atoms with Crippen LogP contribution in [0.25, 0.3) is 0 Å². The predicted octanol–water partition coefficient (Wildman–Crippen LogP) is 2.69. The molecule has 19 heavy (non-hydrogen) atoms. The molecule has 0 saturated heterocycles. The first kappa shape index (κ1) is 14.2. The molecule has 1 aromatic rings. The van der Waals surface area contributed by atoms with E-state index >= 15 is 0 Å². The van der Waals surface area contributed by atoms with Gasteiger partial charge in [-0.25, -0.2) is 0 Å². The van der Waals surface area contributed by atoms with E-state index in [2.05, 4.69) is 5.32 Å². The van der Waals surface area contributed by atoms with E-state index in [1.165, 1.54) is 0 Å². The Hall–Kier alpha value is -1.26. The number of carboxylic acids is 1. The van der Waals surface area contributed by atoms with Crippen LogP contribution in [-0.4, -0.2) is 23.5 Å². The molecular formula is C13H13Cl2NO3. The Kier molecular flexibility index (Phi) is 4.32. The topological polar surface area (TPSA) is 66.4 Å². The molecule has 0 spiro atoms. The molecule has 2 atom stereocenters. The number of rotatable bonds is 5. The lowest BCUT2D eigenvalue weighted by Gasteiger charge is -2.06. The highest BCUT2D eigenvalue weighted by Crippen LogP contribution is 2.50. The third kappa shape index (κ3) is 3.39. The van der Waals surface area contributed by atoms with E-state index in [4.69, 9.17) is 28.3 Å². The van der Waals surface area contributed by atoms with Gasteiger partial charge in [0.1, 0.15) is 0 Å². The summed E-state index contributed by atoms with van der Waals surface area (Å²) in [5.41, 5.74) is 0.882. The largest absolute Gasteiger partial charge is 0.481 e. The third-order valence-corrected chi connectivity index (χ3v) is 3.98. The standard InChI is InChI=1S/C13H13Cl2NO3/c14-10-3-1-2-7(12(10)15)8-6-9(8)13(19)16-5-4-11(17)18/h1-3,8-9H,4-6H2,(H,16,19)(H,17,18)/t8-,9+/m1/s1. The molecule has 1 saturated carbocycles. The van der Waals surface area contributed by atoms with Crippen molar-refractivity contribution in [3.8, 4) is 0 Å². The van der Waals surface area contributed by atoms with E-state index in [9.17, 15) is 9.59 Å². The van der Waals surface area contributed by atoms with Gasteiger partial charge >= 0.3 is 5.97 Å². The molecule has 1 aliphatic rings. The normalized spacial score (nSPS) is 20.9. The minimum Gasteiger partial charge on any atom is -0.481 e. The highest BCUT2D eigenvalue weighted by molar-refractivity contribution is 6.42. The zero-order valence-corrected chi connectivity index (χ0v) is 11.5. The van der Waals surface area contributed by atoms with Crippen molar-refractivity contribution in [2.45, 2.75) is 18.8 Å². The quantitative estimate of drug-likeness (QED) is 0.879. The molecule has 0 radical (unpaired) electrons. The maximum Gasteiger partial charge on any atom is 0.305 e. The van der Waals surface area contributed by atoms with Gasteiger partial charge in [0.2, 0.25) is 5.91 Å². The number of nitrogens with one attached hydrogen (secondary N) is 1. The van der Waals surface area contributed by atoms with Crippen LogP contribution in [0.15, 0.2) is 18.2 Å². The van der Waals surface area contributed by atoms with Crippen molar-refractivity contribution in [3.05, 3.63) is 33.8 Å². The van der Waals surface area contributed by atoms with Gasteiger partial charge in [0, 0.05) is 12.5 Å². The fourth-order valence-corrected chi connectivity index (χ4v) is 2.51. The van der Waals surface area contributed by atoms with E-state index in [0.717, 1.165) is 12.0 Å². The number of carbonyl (C=O) groups excluding carboxylic acids is 1. The third-order valence-electron chi connectivity index (χ3n) is 3.15. The molecule has 0 unspecified atom stereocenters. The van der Waals surface area contributed by atoms with Crippen LogP contribution < -0.4 is 5.32 Å². The number of carbonyl (C=O) groups is 2. The summed E-state index contributed by atoms with van der Waals surface area (Å²) in [6.07, 6.45) is 0.653. The summed E-state index contributed by atoms with van der Waals surface area (Å²) < 4.78 is 0. The van der Waals surface area contributed by atoms with E-state index in [-0.39, 0.29) is 30.7 Å². The van der Waals surface area contributed by atoms with Crippen LogP contribution in [0, 0.1) is 5.92 Å². The maximum atomic E-state index is 11.8. The second-order valence-corrected chi connectivity index (χ2v) is 5.31. The van der Waals surface area contributed by atoms with Crippen LogP contribution in [-0.2, 0) is 9.59 Å². The van der Waals surface area contributed by atoms with Gasteiger partial charge in [-0.3, -0.25) is 9.59 Å². The Morgan fingerprint density at radius 2 is 2.11 bits per heavy atom. The van der Waals surface area contributed by atoms with E-state index in [1.807, 2.05) is 6.07 Å². The molecule has 1 aromatic carbocycles. The van der Waals surface area contributed by atoms with Crippen molar-refractivity contribution < 1.29 is 14.7 Å². The average Bonchev–Trinajstić information content (AvgIpc) is 3.12. The lowest BCUT2D eigenvalue weighted by molar-refractivity contribution is -0.136. The van der Waals surface area contributed by atoms with E-state index in [1.54, 1.807) is 12.1 Å². The van der Waals surface area contributed by atoms with Crippen LogP contribution in [0.3, 0.4) is 0 Å². The molecule has 2 rings (SSSR count). The van der Waals surface area contributed by atoms with Crippen LogP contribution in [0.4, 0.5) is 0 Å². The summed E-state index contributed by atoms with van der Waals surface area (Å²) in [4.78, 5) is 22.1. The second kappa shape index (κ2) is 5.80. The molecule has 0 aromatic heterocycles.